The predicted molar refractivity (Wildman–Crippen MR) is 95.9 cm³/mol. The van der Waals surface area contributed by atoms with Crippen molar-refractivity contribution in [1.29, 1.82) is 0 Å². The van der Waals surface area contributed by atoms with Gasteiger partial charge in [0, 0.05) is 12.0 Å². The molecule has 1 aliphatic heterocycles. The number of ether oxygens (including phenoxy) is 1. The lowest BCUT2D eigenvalue weighted by molar-refractivity contribution is -0.137. The van der Waals surface area contributed by atoms with Gasteiger partial charge in [-0.2, -0.15) is 13.2 Å². The standard InChI is InChI=1S/C20H16F3N3O2/c21-20(22,23)16-7-2-1-5-14(16)15-6-3-4-12-8-13(28-18(12)15)9-25-19(27)17-10-24-11-26-17/h1-7,10-11,13H,8-9H2,(H,24,26)(H,25,27). The Morgan fingerprint density at radius 3 is 2.71 bits per heavy atom. The summed E-state index contributed by atoms with van der Waals surface area (Å²) in [5.74, 6) is 0.111. The van der Waals surface area contributed by atoms with Crippen LogP contribution in [0.3, 0.4) is 0 Å². The van der Waals surface area contributed by atoms with Gasteiger partial charge in [0.05, 0.1) is 24.6 Å². The fraction of sp³-hybridized carbons (Fsp3) is 0.200. The summed E-state index contributed by atoms with van der Waals surface area (Å²) in [7, 11) is 0. The molecule has 1 unspecified atom stereocenters. The van der Waals surface area contributed by atoms with Gasteiger partial charge in [-0.1, -0.05) is 36.4 Å². The van der Waals surface area contributed by atoms with Crippen molar-refractivity contribution < 1.29 is 22.7 Å². The maximum Gasteiger partial charge on any atom is 0.417 e. The van der Waals surface area contributed by atoms with Crippen LogP contribution in [0.25, 0.3) is 11.1 Å². The highest BCUT2D eigenvalue weighted by atomic mass is 19.4. The van der Waals surface area contributed by atoms with E-state index >= 15 is 0 Å². The normalized spacial score (nSPS) is 15.8. The summed E-state index contributed by atoms with van der Waals surface area (Å²) < 4.78 is 46.2. The minimum Gasteiger partial charge on any atom is -0.487 e. The van der Waals surface area contributed by atoms with Crippen LogP contribution in [-0.2, 0) is 12.6 Å². The molecule has 1 atom stereocenters. The summed E-state index contributed by atoms with van der Waals surface area (Å²) in [6.07, 6.45) is -1.51. The van der Waals surface area contributed by atoms with E-state index in [0.717, 1.165) is 11.6 Å². The summed E-state index contributed by atoms with van der Waals surface area (Å²) >= 11 is 0. The Morgan fingerprint density at radius 1 is 1.18 bits per heavy atom. The molecule has 0 bridgehead atoms. The number of fused-ring (bicyclic) bond motifs is 1. The minimum absolute atomic E-state index is 0.0778. The molecule has 1 amide bonds. The van der Waals surface area contributed by atoms with Crippen molar-refractivity contribution in [1.82, 2.24) is 15.3 Å². The summed E-state index contributed by atoms with van der Waals surface area (Å²) in [6, 6.07) is 10.6. The molecule has 2 aromatic carbocycles. The largest absolute Gasteiger partial charge is 0.487 e. The quantitative estimate of drug-likeness (QED) is 0.715. The topological polar surface area (TPSA) is 67.0 Å². The minimum atomic E-state index is -4.46. The van der Waals surface area contributed by atoms with Crippen LogP contribution in [0.2, 0.25) is 0 Å². The van der Waals surface area contributed by atoms with E-state index in [2.05, 4.69) is 15.3 Å². The molecule has 8 heteroatoms. The van der Waals surface area contributed by atoms with Crippen LogP contribution in [0.1, 0.15) is 21.6 Å². The first-order chi connectivity index (χ1) is 13.4. The van der Waals surface area contributed by atoms with E-state index < -0.39 is 11.7 Å². The van der Waals surface area contributed by atoms with Gasteiger partial charge in [0.2, 0.25) is 0 Å². The second-order valence-electron chi connectivity index (χ2n) is 6.46. The van der Waals surface area contributed by atoms with Crippen LogP contribution in [0, 0.1) is 0 Å². The summed E-state index contributed by atoms with van der Waals surface area (Å²) in [5.41, 5.74) is 0.912. The van der Waals surface area contributed by atoms with Gasteiger partial charge in [0.15, 0.2) is 0 Å². The first-order valence-electron chi connectivity index (χ1n) is 8.65. The van der Waals surface area contributed by atoms with Gasteiger partial charge >= 0.3 is 6.18 Å². The van der Waals surface area contributed by atoms with E-state index in [1.807, 2.05) is 6.07 Å². The monoisotopic (exact) mass is 387 g/mol. The SMILES string of the molecule is O=C(NCC1Cc2cccc(-c3ccccc3C(F)(F)F)c2O1)c1cnc[nH]1. The Labute approximate surface area is 158 Å². The fourth-order valence-corrected chi connectivity index (χ4v) is 3.31. The molecule has 2 N–H and O–H groups in total. The van der Waals surface area contributed by atoms with Gasteiger partial charge in [-0.05, 0) is 17.2 Å². The molecular formula is C20H16F3N3O2. The molecule has 28 heavy (non-hydrogen) atoms. The number of benzene rings is 2. The van der Waals surface area contributed by atoms with Crippen molar-refractivity contribution in [3.05, 3.63) is 71.8 Å². The Morgan fingerprint density at radius 2 is 1.96 bits per heavy atom. The summed E-state index contributed by atoms with van der Waals surface area (Å²) in [5, 5.41) is 2.74. The number of rotatable bonds is 4. The van der Waals surface area contributed by atoms with Crippen LogP contribution in [0.15, 0.2) is 55.0 Å². The first-order valence-corrected chi connectivity index (χ1v) is 8.65. The number of nitrogens with one attached hydrogen (secondary N) is 2. The molecule has 1 aliphatic rings. The molecule has 2 heterocycles. The number of aromatic nitrogens is 2. The van der Waals surface area contributed by atoms with Crippen molar-refractivity contribution in [3.63, 3.8) is 0 Å². The molecule has 1 aromatic heterocycles. The lowest BCUT2D eigenvalue weighted by Crippen LogP contribution is -2.34. The van der Waals surface area contributed by atoms with Gasteiger partial charge in [-0.25, -0.2) is 4.98 Å². The molecule has 0 spiro atoms. The first kappa shape index (κ1) is 18.1. The van der Waals surface area contributed by atoms with E-state index in [1.54, 1.807) is 18.2 Å². The summed E-state index contributed by atoms with van der Waals surface area (Å²) in [4.78, 5) is 18.5. The second-order valence-corrected chi connectivity index (χ2v) is 6.46. The van der Waals surface area contributed by atoms with Crippen LogP contribution in [0.4, 0.5) is 13.2 Å². The smallest absolute Gasteiger partial charge is 0.417 e. The highest BCUT2D eigenvalue weighted by molar-refractivity contribution is 5.92. The summed E-state index contributed by atoms with van der Waals surface area (Å²) in [6.45, 7) is 0.229. The van der Waals surface area contributed by atoms with E-state index in [0.29, 0.717) is 23.4 Å². The Balaban J connectivity index is 1.56. The fourth-order valence-electron chi connectivity index (χ4n) is 3.31. The van der Waals surface area contributed by atoms with Crippen molar-refractivity contribution in [2.75, 3.05) is 6.54 Å². The van der Waals surface area contributed by atoms with Gasteiger partial charge in [-0.15, -0.1) is 0 Å². The lowest BCUT2D eigenvalue weighted by atomic mass is 9.96. The van der Waals surface area contributed by atoms with Crippen LogP contribution in [0.5, 0.6) is 5.75 Å². The zero-order valence-electron chi connectivity index (χ0n) is 14.6. The second kappa shape index (κ2) is 7.03. The Hall–Kier alpha value is -3.29. The van der Waals surface area contributed by atoms with Crippen molar-refractivity contribution in [3.8, 4) is 16.9 Å². The number of para-hydroxylation sites is 1. The number of carbonyl (C=O) groups excluding carboxylic acids is 1. The molecule has 5 nitrogen and oxygen atoms in total. The Kier molecular flexibility index (Phi) is 4.54. The maximum absolute atomic E-state index is 13.4. The van der Waals surface area contributed by atoms with Crippen LogP contribution >= 0.6 is 0 Å². The average molecular weight is 387 g/mol. The maximum atomic E-state index is 13.4. The van der Waals surface area contributed by atoms with Crippen molar-refractivity contribution in [2.45, 2.75) is 18.7 Å². The highest BCUT2D eigenvalue weighted by Gasteiger charge is 2.35. The van der Waals surface area contributed by atoms with Gasteiger partial charge in [-0.3, -0.25) is 4.79 Å². The number of halogens is 3. The number of imidazole rings is 1. The van der Waals surface area contributed by atoms with Crippen LogP contribution in [-0.4, -0.2) is 28.5 Å². The number of amides is 1. The molecule has 0 fully saturated rings. The molecule has 0 saturated carbocycles. The number of hydrogen-bond donors (Lipinski definition) is 2. The van der Waals surface area contributed by atoms with Crippen molar-refractivity contribution in [2.24, 2.45) is 0 Å². The van der Waals surface area contributed by atoms with Crippen molar-refractivity contribution >= 4 is 5.91 Å². The zero-order chi connectivity index (χ0) is 19.7. The third kappa shape index (κ3) is 3.45. The molecule has 0 saturated heterocycles. The highest BCUT2D eigenvalue weighted by Crippen LogP contribution is 2.43. The molecule has 3 aromatic rings. The van der Waals surface area contributed by atoms with E-state index in [1.165, 1.54) is 24.7 Å². The molecule has 0 radical (unpaired) electrons. The van der Waals surface area contributed by atoms with E-state index in [9.17, 15) is 18.0 Å². The van der Waals surface area contributed by atoms with Crippen LogP contribution < -0.4 is 10.1 Å². The molecular weight excluding hydrogens is 371 g/mol. The predicted octanol–water partition coefficient (Wildman–Crippen LogP) is 3.83. The molecule has 144 valence electrons. The van der Waals surface area contributed by atoms with Gasteiger partial charge in [0.25, 0.3) is 5.91 Å². The average Bonchev–Trinajstić information content (AvgIpc) is 3.34. The Bertz CT molecular complexity index is 1000. The van der Waals surface area contributed by atoms with Gasteiger partial charge < -0.3 is 15.0 Å². The number of aromatic amines is 1. The molecule has 0 aliphatic carbocycles. The number of hydrogen-bond acceptors (Lipinski definition) is 3. The number of nitrogens with zero attached hydrogens (tertiary/aromatic N) is 1. The number of carbonyl (C=O) groups is 1. The lowest BCUT2D eigenvalue weighted by Gasteiger charge is -2.16. The van der Waals surface area contributed by atoms with E-state index in [4.69, 9.17) is 4.74 Å². The number of H-pyrrole nitrogens is 1. The zero-order valence-corrected chi connectivity index (χ0v) is 14.6. The third-order valence-corrected chi connectivity index (χ3v) is 4.58. The third-order valence-electron chi connectivity index (χ3n) is 4.58. The van der Waals surface area contributed by atoms with Gasteiger partial charge in [0.1, 0.15) is 17.5 Å². The molecule has 4 rings (SSSR count). The van der Waals surface area contributed by atoms with E-state index in [-0.39, 0.29) is 24.1 Å². The number of alkyl halides is 3.